The maximum absolute atomic E-state index is 13.6. The molecule has 4 atom stereocenters. The summed E-state index contributed by atoms with van der Waals surface area (Å²) in [6, 6.07) is 1.74. The SMILES string of the molecule is O=C(O)C/C=C\[C@@H]1[C@H]2CCCN3CCC[C@@H](CN1S(=O)(=O)c1cc(Br)c(Br)s1)[C@@H]23. The van der Waals surface area contributed by atoms with Crippen LogP contribution in [-0.2, 0) is 14.8 Å². The Bertz CT molecular complexity index is 896. The van der Waals surface area contributed by atoms with E-state index < -0.39 is 16.0 Å². The van der Waals surface area contributed by atoms with Crippen LogP contribution in [0.1, 0.15) is 32.1 Å². The number of carboxylic acids is 1. The Balaban J connectivity index is 1.73. The molecule has 4 rings (SSSR count). The maximum Gasteiger partial charge on any atom is 0.307 e. The number of halogens is 2. The minimum absolute atomic E-state index is 0.0922. The van der Waals surface area contributed by atoms with Gasteiger partial charge in [-0.15, -0.1) is 11.3 Å². The van der Waals surface area contributed by atoms with Gasteiger partial charge in [-0.2, -0.15) is 4.31 Å². The third kappa shape index (κ3) is 4.25. The second-order valence-electron chi connectivity index (χ2n) is 8.01. The number of rotatable bonds is 5. The lowest BCUT2D eigenvalue weighted by atomic mass is 9.70. The Morgan fingerprint density at radius 3 is 2.66 bits per heavy atom. The number of hydrogen-bond donors (Lipinski definition) is 1. The molecule has 3 fully saturated rings. The number of nitrogens with zero attached hydrogens (tertiary/aromatic N) is 2. The number of thiophene rings is 1. The molecule has 6 nitrogen and oxygen atoms in total. The molecule has 0 radical (unpaired) electrons. The first-order valence-corrected chi connectivity index (χ1v) is 13.7. The molecule has 3 aliphatic rings. The molecule has 3 saturated heterocycles. The minimum atomic E-state index is -3.68. The van der Waals surface area contributed by atoms with Gasteiger partial charge in [0.15, 0.2) is 0 Å². The summed E-state index contributed by atoms with van der Waals surface area (Å²) < 4.78 is 30.7. The summed E-state index contributed by atoms with van der Waals surface area (Å²) >= 11 is 8.01. The Morgan fingerprint density at radius 1 is 1.28 bits per heavy atom. The van der Waals surface area contributed by atoms with Gasteiger partial charge in [-0.05, 0) is 88.5 Å². The molecule has 0 aliphatic carbocycles. The molecule has 1 N–H and O–H groups in total. The van der Waals surface area contributed by atoms with Gasteiger partial charge >= 0.3 is 5.97 Å². The van der Waals surface area contributed by atoms with Crippen LogP contribution >= 0.6 is 43.2 Å². The molecule has 0 spiro atoms. The molecule has 0 aromatic carbocycles. The van der Waals surface area contributed by atoms with Crippen LogP contribution in [0.15, 0.2) is 30.7 Å². The van der Waals surface area contributed by atoms with E-state index in [9.17, 15) is 13.2 Å². The topological polar surface area (TPSA) is 77.9 Å². The van der Waals surface area contributed by atoms with Crippen molar-refractivity contribution in [1.29, 1.82) is 0 Å². The normalized spacial score (nSPS) is 31.1. The molecule has 0 amide bonds. The van der Waals surface area contributed by atoms with Crippen molar-refractivity contribution in [2.75, 3.05) is 19.6 Å². The van der Waals surface area contributed by atoms with Gasteiger partial charge in [0, 0.05) is 23.1 Å². The summed E-state index contributed by atoms with van der Waals surface area (Å²) in [7, 11) is -3.68. The highest BCUT2D eigenvalue weighted by molar-refractivity contribution is 9.13. The van der Waals surface area contributed by atoms with Gasteiger partial charge in [0.2, 0.25) is 0 Å². The molecular weight excluding hydrogens is 544 g/mol. The van der Waals surface area contributed by atoms with Crippen molar-refractivity contribution in [2.45, 2.75) is 48.4 Å². The van der Waals surface area contributed by atoms with Crippen LogP contribution < -0.4 is 0 Å². The number of sulfonamides is 1. The second-order valence-corrected chi connectivity index (χ2v) is 13.4. The highest BCUT2D eigenvalue weighted by atomic mass is 79.9. The molecule has 1 aromatic heterocycles. The smallest absolute Gasteiger partial charge is 0.307 e. The van der Waals surface area contributed by atoms with Crippen molar-refractivity contribution in [3.05, 3.63) is 26.5 Å². The van der Waals surface area contributed by atoms with E-state index >= 15 is 0 Å². The molecule has 160 valence electrons. The van der Waals surface area contributed by atoms with E-state index in [1.165, 1.54) is 11.3 Å². The summed E-state index contributed by atoms with van der Waals surface area (Å²) in [5.41, 5.74) is 0. The van der Waals surface area contributed by atoms with Crippen LogP contribution in [0.5, 0.6) is 0 Å². The summed E-state index contributed by atoms with van der Waals surface area (Å²) in [6.07, 6.45) is 7.56. The van der Waals surface area contributed by atoms with Crippen molar-refractivity contribution < 1.29 is 18.3 Å². The van der Waals surface area contributed by atoms with Gasteiger partial charge in [-0.25, -0.2) is 8.42 Å². The molecule has 29 heavy (non-hydrogen) atoms. The quantitative estimate of drug-likeness (QED) is 0.540. The van der Waals surface area contributed by atoms with E-state index in [1.807, 2.05) is 6.08 Å². The van der Waals surface area contributed by atoms with Crippen molar-refractivity contribution >= 4 is 59.2 Å². The molecule has 3 aliphatic heterocycles. The molecule has 4 heterocycles. The van der Waals surface area contributed by atoms with Crippen molar-refractivity contribution in [1.82, 2.24) is 9.21 Å². The van der Waals surface area contributed by atoms with Crippen LogP contribution in [0, 0.1) is 11.8 Å². The first kappa shape index (κ1) is 22.0. The monoisotopic (exact) mass is 566 g/mol. The predicted molar refractivity (Wildman–Crippen MR) is 120 cm³/mol. The van der Waals surface area contributed by atoms with Gasteiger partial charge < -0.3 is 5.11 Å². The number of carboxylic acid groups (broad SMARTS) is 1. The molecule has 10 heteroatoms. The average molecular weight is 568 g/mol. The Hall–Kier alpha value is -0.260. The largest absolute Gasteiger partial charge is 0.481 e. The van der Waals surface area contributed by atoms with Crippen LogP contribution in [0.2, 0.25) is 0 Å². The summed E-state index contributed by atoms with van der Waals surface area (Å²) in [4.78, 5) is 13.6. The van der Waals surface area contributed by atoms with Gasteiger partial charge in [0.25, 0.3) is 10.0 Å². The second kappa shape index (κ2) is 8.70. The van der Waals surface area contributed by atoms with E-state index in [0.717, 1.165) is 47.0 Å². The van der Waals surface area contributed by atoms with Crippen molar-refractivity contribution in [3.8, 4) is 0 Å². The first-order chi connectivity index (χ1) is 13.8. The highest BCUT2D eigenvalue weighted by Gasteiger charge is 2.51. The van der Waals surface area contributed by atoms with E-state index in [-0.39, 0.29) is 18.4 Å². The van der Waals surface area contributed by atoms with E-state index in [0.29, 0.717) is 22.7 Å². The van der Waals surface area contributed by atoms with E-state index in [1.54, 1.807) is 16.4 Å². The van der Waals surface area contributed by atoms with E-state index in [4.69, 9.17) is 5.11 Å². The third-order valence-corrected chi connectivity index (χ3v) is 11.9. The zero-order chi connectivity index (χ0) is 20.8. The lowest BCUT2D eigenvalue weighted by Crippen LogP contribution is -2.65. The van der Waals surface area contributed by atoms with Crippen molar-refractivity contribution in [2.24, 2.45) is 11.8 Å². The lowest BCUT2D eigenvalue weighted by Gasteiger charge is -2.56. The zero-order valence-electron chi connectivity index (χ0n) is 15.8. The maximum atomic E-state index is 13.6. The predicted octanol–water partition coefficient (Wildman–Crippen LogP) is 4.17. The summed E-state index contributed by atoms with van der Waals surface area (Å²) in [6.45, 7) is 2.66. The first-order valence-electron chi connectivity index (χ1n) is 9.88. The lowest BCUT2D eigenvalue weighted by molar-refractivity contribution is -0.136. The Kier molecular flexibility index (Phi) is 6.59. The molecule has 0 unspecified atom stereocenters. The van der Waals surface area contributed by atoms with Gasteiger partial charge in [0.05, 0.1) is 10.2 Å². The summed E-state index contributed by atoms with van der Waals surface area (Å²) in [5, 5.41) is 9.04. The fraction of sp³-hybridized carbons (Fsp3) is 0.632. The zero-order valence-corrected chi connectivity index (χ0v) is 20.6. The molecular formula is C19H24Br2N2O4S2. The summed E-state index contributed by atoms with van der Waals surface area (Å²) in [5.74, 6) is -0.368. The van der Waals surface area contributed by atoms with Gasteiger partial charge in [-0.3, -0.25) is 9.69 Å². The van der Waals surface area contributed by atoms with Crippen molar-refractivity contribution in [3.63, 3.8) is 0 Å². The van der Waals surface area contributed by atoms with E-state index in [2.05, 4.69) is 36.8 Å². The fourth-order valence-corrected chi connectivity index (χ4v) is 9.90. The Labute approximate surface area is 192 Å². The van der Waals surface area contributed by atoms with Crippen LogP contribution in [-0.4, -0.2) is 60.4 Å². The van der Waals surface area contributed by atoms with Crippen LogP contribution in [0.25, 0.3) is 0 Å². The Morgan fingerprint density at radius 2 is 2.00 bits per heavy atom. The molecule has 0 bridgehead atoms. The van der Waals surface area contributed by atoms with Crippen LogP contribution in [0.3, 0.4) is 0 Å². The van der Waals surface area contributed by atoms with Gasteiger partial charge in [0.1, 0.15) is 4.21 Å². The number of carbonyl (C=O) groups is 1. The number of piperidine rings is 3. The molecule has 0 saturated carbocycles. The number of hydrogen-bond acceptors (Lipinski definition) is 5. The van der Waals surface area contributed by atoms with Crippen LogP contribution in [0.4, 0.5) is 0 Å². The average Bonchev–Trinajstić information content (AvgIpc) is 3.03. The van der Waals surface area contributed by atoms with Gasteiger partial charge in [-0.1, -0.05) is 12.2 Å². The molecule has 1 aromatic rings. The number of aliphatic carboxylic acids is 1. The fourth-order valence-electron chi connectivity index (χ4n) is 5.27. The standard InChI is InChI=1S/C19H24Br2N2O4S2/c20-14-10-17(28-19(14)21)29(26,27)23-11-12-4-2-8-22-9-3-5-13(18(12)22)15(23)6-1-7-16(24)25/h1,6,10,12-13,15,18H,2-5,7-9,11H2,(H,24,25)/b6-1-/t12-,13+,15+,18-/m0/s1. The third-order valence-electron chi connectivity index (χ3n) is 6.34. The minimum Gasteiger partial charge on any atom is -0.481 e. The highest BCUT2D eigenvalue weighted by Crippen LogP contribution is 2.45.